The lowest BCUT2D eigenvalue weighted by Crippen LogP contribution is -2.49. The maximum atomic E-state index is 13.1. The van der Waals surface area contributed by atoms with Gasteiger partial charge >= 0.3 is 0 Å². The van der Waals surface area contributed by atoms with Crippen LogP contribution in [0.4, 0.5) is 0 Å². The molecule has 0 bridgehead atoms. The lowest BCUT2D eigenvalue weighted by atomic mass is 10.1. The smallest absolute Gasteiger partial charge is 0.242 e. The van der Waals surface area contributed by atoms with Gasteiger partial charge < -0.3 is 15.0 Å². The van der Waals surface area contributed by atoms with Gasteiger partial charge in [0.2, 0.25) is 11.8 Å². The number of benzene rings is 2. The van der Waals surface area contributed by atoms with Crippen LogP contribution in [0, 0.1) is 0 Å². The van der Waals surface area contributed by atoms with E-state index in [2.05, 4.69) is 5.32 Å². The molecule has 2 amide bonds. The summed E-state index contributed by atoms with van der Waals surface area (Å²) in [7, 11) is 1.62. The number of carbonyl (C=O) groups excluding carboxylic acids is 2. The van der Waals surface area contributed by atoms with Crippen LogP contribution in [-0.4, -0.2) is 35.9 Å². The lowest BCUT2D eigenvalue weighted by Gasteiger charge is -2.30. The minimum Gasteiger partial charge on any atom is -0.497 e. The first-order chi connectivity index (χ1) is 13.9. The Balaban J connectivity index is 2.13. The minimum absolute atomic E-state index is 0.0310. The van der Waals surface area contributed by atoms with Crippen LogP contribution in [0.3, 0.4) is 0 Å². The Morgan fingerprint density at radius 3 is 2.24 bits per heavy atom. The van der Waals surface area contributed by atoms with Crippen LogP contribution in [-0.2, 0) is 22.6 Å². The molecule has 156 valence electrons. The molecule has 2 aromatic rings. The number of methoxy groups -OCH3 is 1. The predicted octanol–water partition coefficient (Wildman–Crippen LogP) is 3.96. The minimum atomic E-state index is -0.547. The molecule has 5 heteroatoms. The highest BCUT2D eigenvalue weighted by molar-refractivity contribution is 5.87. The SMILES string of the molecule is CC[C@@H](C)NC(=O)[C@H](C)N(Cc1ccc(OC)cc1)C(=O)CCc1ccccc1. The van der Waals surface area contributed by atoms with Gasteiger partial charge in [-0.2, -0.15) is 0 Å². The Bertz CT molecular complexity index is 774. The van der Waals surface area contributed by atoms with E-state index >= 15 is 0 Å². The van der Waals surface area contributed by atoms with Crippen molar-refractivity contribution >= 4 is 11.8 Å². The van der Waals surface area contributed by atoms with Gasteiger partial charge in [0.25, 0.3) is 0 Å². The number of amides is 2. The zero-order valence-corrected chi connectivity index (χ0v) is 17.9. The van der Waals surface area contributed by atoms with E-state index in [0.717, 1.165) is 23.3 Å². The topological polar surface area (TPSA) is 58.6 Å². The van der Waals surface area contributed by atoms with Crippen molar-refractivity contribution in [2.75, 3.05) is 7.11 Å². The standard InChI is InChI=1S/C24H32N2O3/c1-5-18(2)25-24(28)19(3)26(17-21-11-14-22(29-4)15-12-21)23(27)16-13-20-9-7-6-8-10-20/h6-12,14-15,18-19H,5,13,16-17H2,1-4H3,(H,25,28)/t18-,19+/m1/s1. The molecule has 0 saturated heterocycles. The van der Waals surface area contributed by atoms with E-state index < -0.39 is 6.04 Å². The van der Waals surface area contributed by atoms with Crippen LogP contribution in [0.15, 0.2) is 54.6 Å². The third-order valence-electron chi connectivity index (χ3n) is 5.15. The van der Waals surface area contributed by atoms with E-state index in [9.17, 15) is 9.59 Å². The fourth-order valence-corrected chi connectivity index (χ4v) is 3.02. The molecule has 2 rings (SSSR count). The molecule has 0 aliphatic heterocycles. The molecule has 0 aliphatic carbocycles. The first kappa shape index (κ1) is 22.5. The van der Waals surface area contributed by atoms with Gasteiger partial charge in [-0.3, -0.25) is 9.59 Å². The summed E-state index contributed by atoms with van der Waals surface area (Å²) in [6.45, 7) is 6.17. The molecule has 0 spiro atoms. The van der Waals surface area contributed by atoms with Crippen molar-refractivity contribution in [3.05, 3.63) is 65.7 Å². The van der Waals surface area contributed by atoms with Gasteiger partial charge in [0, 0.05) is 19.0 Å². The van der Waals surface area contributed by atoms with Crippen molar-refractivity contribution in [1.29, 1.82) is 0 Å². The normalized spacial score (nSPS) is 12.7. The number of aryl methyl sites for hydroxylation is 1. The second-order valence-corrected chi connectivity index (χ2v) is 7.35. The van der Waals surface area contributed by atoms with Gasteiger partial charge in [0.1, 0.15) is 11.8 Å². The van der Waals surface area contributed by atoms with E-state index in [1.165, 1.54) is 0 Å². The van der Waals surface area contributed by atoms with Gasteiger partial charge in [-0.15, -0.1) is 0 Å². The van der Waals surface area contributed by atoms with Gasteiger partial charge in [-0.1, -0.05) is 49.4 Å². The molecule has 0 unspecified atom stereocenters. The summed E-state index contributed by atoms with van der Waals surface area (Å²) < 4.78 is 5.21. The van der Waals surface area contributed by atoms with Gasteiger partial charge in [0.15, 0.2) is 0 Å². The molecular formula is C24H32N2O3. The van der Waals surface area contributed by atoms with Crippen molar-refractivity contribution in [3.63, 3.8) is 0 Å². The molecule has 29 heavy (non-hydrogen) atoms. The summed E-state index contributed by atoms with van der Waals surface area (Å²) >= 11 is 0. The Morgan fingerprint density at radius 2 is 1.66 bits per heavy atom. The third-order valence-corrected chi connectivity index (χ3v) is 5.15. The van der Waals surface area contributed by atoms with Crippen LogP contribution >= 0.6 is 0 Å². The Labute approximate surface area is 174 Å². The average Bonchev–Trinajstić information content (AvgIpc) is 2.76. The molecule has 0 heterocycles. The van der Waals surface area contributed by atoms with Crippen LogP contribution in [0.5, 0.6) is 5.75 Å². The maximum absolute atomic E-state index is 13.1. The lowest BCUT2D eigenvalue weighted by molar-refractivity contribution is -0.140. The number of hydrogen-bond acceptors (Lipinski definition) is 3. The van der Waals surface area contributed by atoms with Crippen molar-refractivity contribution in [2.45, 2.75) is 58.7 Å². The van der Waals surface area contributed by atoms with Crippen molar-refractivity contribution in [2.24, 2.45) is 0 Å². The van der Waals surface area contributed by atoms with Crippen LogP contribution in [0.2, 0.25) is 0 Å². The summed E-state index contributed by atoms with van der Waals surface area (Å²) in [5.41, 5.74) is 2.07. The van der Waals surface area contributed by atoms with Crippen LogP contribution < -0.4 is 10.1 Å². The fourth-order valence-electron chi connectivity index (χ4n) is 3.02. The number of ether oxygens (including phenoxy) is 1. The number of hydrogen-bond donors (Lipinski definition) is 1. The predicted molar refractivity (Wildman–Crippen MR) is 116 cm³/mol. The van der Waals surface area contributed by atoms with Gasteiger partial charge in [0.05, 0.1) is 7.11 Å². The number of rotatable bonds is 10. The maximum Gasteiger partial charge on any atom is 0.242 e. The summed E-state index contributed by atoms with van der Waals surface area (Å²) in [5, 5.41) is 2.99. The Morgan fingerprint density at radius 1 is 1.00 bits per heavy atom. The molecule has 1 N–H and O–H groups in total. The quantitative estimate of drug-likeness (QED) is 0.661. The number of nitrogens with one attached hydrogen (secondary N) is 1. The van der Waals surface area contributed by atoms with E-state index in [1.54, 1.807) is 18.9 Å². The van der Waals surface area contributed by atoms with Crippen molar-refractivity contribution in [3.8, 4) is 5.75 Å². The van der Waals surface area contributed by atoms with E-state index in [4.69, 9.17) is 4.74 Å². The van der Waals surface area contributed by atoms with Crippen LogP contribution in [0.25, 0.3) is 0 Å². The molecule has 0 fully saturated rings. The first-order valence-corrected chi connectivity index (χ1v) is 10.2. The highest BCUT2D eigenvalue weighted by Crippen LogP contribution is 2.16. The molecule has 0 aliphatic rings. The molecule has 2 aromatic carbocycles. The zero-order chi connectivity index (χ0) is 21.2. The van der Waals surface area contributed by atoms with E-state index in [-0.39, 0.29) is 17.9 Å². The zero-order valence-electron chi connectivity index (χ0n) is 17.9. The average molecular weight is 397 g/mol. The Hall–Kier alpha value is -2.82. The molecule has 0 aromatic heterocycles. The molecule has 0 saturated carbocycles. The highest BCUT2D eigenvalue weighted by Gasteiger charge is 2.26. The van der Waals surface area contributed by atoms with E-state index in [0.29, 0.717) is 19.4 Å². The van der Waals surface area contributed by atoms with E-state index in [1.807, 2.05) is 68.4 Å². The summed E-state index contributed by atoms with van der Waals surface area (Å²) in [5.74, 6) is 0.607. The monoisotopic (exact) mass is 396 g/mol. The molecule has 2 atom stereocenters. The summed E-state index contributed by atoms with van der Waals surface area (Å²) in [6, 6.07) is 17.0. The second-order valence-electron chi connectivity index (χ2n) is 7.35. The summed E-state index contributed by atoms with van der Waals surface area (Å²) in [6.07, 6.45) is 1.86. The number of nitrogens with zero attached hydrogens (tertiary/aromatic N) is 1. The summed E-state index contributed by atoms with van der Waals surface area (Å²) in [4.78, 5) is 27.4. The second kappa shape index (κ2) is 11.2. The largest absolute Gasteiger partial charge is 0.497 e. The molecular weight excluding hydrogens is 364 g/mol. The van der Waals surface area contributed by atoms with Gasteiger partial charge in [-0.25, -0.2) is 0 Å². The Kier molecular flexibility index (Phi) is 8.71. The molecule has 0 radical (unpaired) electrons. The molecule has 5 nitrogen and oxygen atoms in total. The van der Waals surface area contributed by atoms with Crippen molar-refractivity contribution in [1.82, 2.24) is 10.2 Å². The highest BCUT2D eigenvalue weighted by atomic mass is 16.5. The third kappa shape index (κ3) is 6.93. The number of carbonyl (C=O) groups is 2. The van der Waals surface area contributed by atoms with Crippen LogP contribution in [0.1, 0.15) is 44.7 Å². The van der Waals surface area contributed by atoms with Crippen molar-refractivity contribution < 1.29 is 14.3 Å². The van der Waals surface area contributed by atoms with Gasteiger partial charge in [-0.05, 0) is 49.9 Å². The fraction of sp³-hybridized carbons (Fsp3) is 0.417. The first-order valence-electron chi connectivity index (χ1n) is 10.2.